The maximum absolute atomic E-state index is 14.7. The molecule has 3 nitrogen and oxygen atoms in total. The monoisotopic (exact) mass is 555 g/mol. The molecule has 29 heavy (non-hydrogen) atoms. The number of nitrogens with zero attached hydrogens (tertiary/aromatic N) is 3. The lowest BCUT2D eigenvalue weighted by Gasteiger charge is -2.16. The summed E-state index contributed by atoms with van der Waals surface area (Å²) in [6.45, 7) is 0. The zero-order chi connectivity index (χ0) is 20.5. The highest BCUT2D eigenvalue weighted by molar-refractivity contribution is 14.1. The third kappa shape index (κ3) is 4.10. The maximum atomic E-state index is 14.7. The van der Waals surface area contributed by atoms with Gasteiger partial charge in [-0.15, -0.1) is 10.2 Å². The van der Waals surface area contributed by atoms with Crippen LogP contribution in [0.4, 0.5) is 4.39 Å². The molecule has 0 fully saturated rings. The van der Waals surface area contributed by atoms with Crippen LogP contribution in [0.2, 0.25) is 15.2 Å². The van der Waals surface area contributed by atoms with E-state index in [0.717, 1.165) is 9.13 Å². The molecule has 4 aromatic rings. The van der Waals surface area contributed by atoms with E-state index in [1.807, 2.05) is 24.3 Å². The molecule has 0 spiro atoms. The van der Waals surface area contributed by atoms with Gasteiger partial charge in [0.15, 0.2) is 5.15 Å². The van der Waals surface area contributed by atoms with Crippen LogP contribution in [-0.2, 0) is 0 Å². The summed E-state index contributed by atoms with van der Waals surface area (Å²) in [5, 5.41) is 9.09. The van der Waals surface area contributed by atoms with Gasteiger partial charge in [-0.05, 0) is 58.5 Å². The predicted octanol–water partition coefficient (Wildman–Crippen LogP) is 7.58. The Balaban J connectivity index is 2.13. The molecule has 0 amide bonds. The zero-order valence-corrected chi connectivity index (χ0v) is 18.9. The van der Waals surface area contributed by atoms with E-state index in [0.29, 0.717) is 38.1 Å². The Morgan fingerprint density at radius 2 is 1.62 bits per heavy atom. The normalized spacial score (nSPS) is 10.9. The Hall–Kier alpha value is -1.80. The number of hydrogen-bond acceptors (Lipinski definition) is 3. The summed E-state index contributed by atoms with van der Waals surface area (Å²) in [6.07, 6.45) is 1.47. The molecule has 0 aliphatic rings. The van der Waals surface area contributed by atoms with E-state index >= 15 is 0 Å². The second-order valence-electron chi connectivity index (χ2n) is 6.06. The Morgan fingerprint density at radius 1 is 0.828 bits per heavy atom. The van der Waals surface area contributed by atoms with Gasteiger partial charge >= 0.3 is 0 Å². The van der Waals surface area contributed by atoms with Crippen LogP contribution >= 0.6 is 57.4 Å². The van der Waals surface area contributed by atoms with Crippen molar-refractivity contribution in [3.05, 3.63) is 85.4 Å². The van der Waals surface area contributed by atoms with Crippen LogP contribution in [0.25, 0.3) is 33.6 Å². The minimum absolute atomic E-state index is 0.107. The van der Waals surface area contributed by atoms with Gasteiger partial charge in [-0.1, -0.05) is 59.1 Å². The topological polar surface area (TPSA) is 38.7 Å². The molecule has 0 aliphatic heterocycles. The number of hydrogen-bond donors (Lipinski definition) is 0. The molecular formula is C21H10Cl3FIN3. The Kier molecular flexibility index (Phi) is 6.01. The molecule has 2 heterocycles. The molecule has 0 radical (unpaired) electrons. The van der Waals surface area contributed by atoms with E-state index < -0.39 is 5.82 Å². The molecule has 2 aromatic heterocycles. The first-order valence-corrected chi connectivity index (χ1v) is 10.6. The minimum Gasteiger partial charge on any atom is -0.253 e. The number of pyridine rings is 1. The molecular weight excluding hydrogens is 547 g/mol. The van der Waals surface area contributed by atoms with Crippen molar-refractivity contribution in [1.29, 1.82) is 0 Å². The molecule has 0 saturated heterocycles. The largest absolute Gasteiger partial charge is 0.253 e. The van der Waals surface area contributed by atoms with Gasteiger partial charge < -0.3 is 0 Å². The molecule has 144 valence electrons. The molecule has 0 saturated carbocycles. The first-order chi connectivity index (χ1) is 14.0. The highest BCUT2D eigenvalue weighted by Crippen LogP contribution is 2.44. The van der Waals surface area contributed by atoms with Crippen LogP contribution in [0, 0.1) is 9.39 Å². The van der Waals surface area contributed by atoms with Crippen LogP contribution in [-0.4, -0.2) is 15.2 Å². The van der Waals surface area contributed by atoms with Gasteiger partial charge in [-0.2, -0.15) is 0 Å². The van der Waals surface area contributed by atoms with Crippen molar-refractivity contribution in [2.75, 3.05) is 0 Å². The predicted molar refractivity (Wildman–Crippen MR) is 124 cm³/mol. The van der Waals surface area contributed by atoms with Gasteiger partial charge in [0.2, 0.25) is 0 Å². The lowest BCUT2D eigenvalue weighted by Crippen LogP contribution is -2.01. The summed E-state index contributed by atoms with van der Waals surface area (Å²) in [5.41, 5.74) is 2.88. The first kappa shape index (κ1) is 20.5. The van der Waals surface area contributed by atoms with Gasteiger partial charge in [-0.25, -0.2) is 4.39 Å². The summed E-state index contributed by atoms with van der Waals surface area (Å²) in [4.78, 5) is 4.36. The number of halogens is 5. The van der Waals surface area contributed by atoms with Crippen molar-refractivity contribution >= 4 is 57.4 Å². The van der Waals surface area contributed by atoms with Crippen molar-refractivity contribution in [2.24, 2.45) is 0 Å². The third-order valence-electron chi connectivity index (χ3n) is 4.22. The Labute approximate surface area is 195 Å². The van der Waals surface area contributed by atoms with Gasteiger partial charge in [0, 0.05) is 20.9 Å². The highest BCUT2D eigenvalue weighted by atomic mass is 127. The van der Waals surface area contributed by atoms with E-state index in [9.17, 15) is 4.39 Å². The Bertz CT molecular complexity index is 1230. The van der Waals surface area contributed by atoms with Crippen molar-refractivity contribution in [1.82, 2.24) is 15.2 Å². The van der Waals surface area contributed by atoms with Crippen LogP contribution < -0.4 is 0 Å². The average molecular weight is 557 g/mol. The van der Waals surface area contributed by atoms with Crippen LogP contribution in [0.1, 0.15) is 0 Å². The van der Waals surface area contributed by atoms with E-state index in [1.165, 1.54) is 12.3 Å². The number of aromatic nitrogens is 3. The molecule has 2 aromatic carbocycles. The fourth-order valence-electron chi connectivity index (χ4n) is 3.00. The summed E-state index contributed by atoms with van der Waals surface area (Å²) >= 11 is 21.1. The summed E-state index contributed by atoms with van der Waals surface area (Å²) in [6, 6.07) is 15.6. The standard InChI is InChI=1S/C21H10Cl3FIN3/c22-12-9-15(23)20(27-10-12)18-17(11-4-3-5-13(26)8-11)19(28-29-21(18)24)14-6-1-2-7-16(14)25/h1-10H. The van der Waals surface area contributed by atoms with Crippen molar-refractivity contribution in [3.63, 3.8) is 0 Å². The SMILES string of the molecule is Fc1ccccc1-c1nnc(Cl)c(-c2ncc(Cl)cc2Cl)c1-c1cccc(I)c1. The summed E-state index contributed by atoms with van der Waals surface area (Å²) in [7, 11) is 0. The lowest BCUT2D eigenvalue weighted by atomic mass is 9.94. The molecule has 0 aliphatic carbocycles. The van der Waals surface area contributed by atoms with Gasteiger partial charge in [0.05, 0.1) is 21.3 Å². The fraction of sp³-hybridized carbons (Fsp3) is 0. The van der Waals surface area contributed by atoms with E-state index in [2.05, 4.69) is 37.8 Å². The fourth-order valence-corrected chi connectivity index (χ4v) is 4.24. The maximum Gasteiger partial charge on any atom is 0.161 e. The van der Waals surface area contributed by atoms with Crippen molar-refractivity contribution in [2.45, 2.75) is 0 Å². The first-order valence-electron chi connectivity index (χ1n) is 8.34. The Morgan fingerprint density at radius 3 is 2.34 bits per heavy atom. The van der Waals surface area contributed by atoms with E-state index in [4.69, 9.17) is 34.8 Å². The number of rotatable bonds is 3. The second kappa shape index (κ2) is 8.52. The van der Waals surface area contributed by atoms with Crippen LogP contribution in [0.5, 0.6) is 0 Å². The van der Waals surface area contributed by atoms with E-state index in [-0.39, 0.29) is 5.15 Å². The van der Waals surface area contributed by atoms with Crippen molar-refractivity contribution in [3.8, 4) is 33.6 Å². The van der Waals surface area contributed by atoms with E-state index in [1.54, 1.807) is 24.3 Å². The third-order valence-corrected chi connectivity index (χ3v) is 5.65. The number of benzene rings is 2. The zero-order valence-electron chi connectivity index (χ0n) is 14.5. The average Bonchev–Trinajstić information content (AvgIpc) is 2.69. The minimum atomic E-state index is -0.419. The molecule has 0 bridgehead atoms. The quantitative estimate of drug-likeness (QED) is 0.244. The molecule has 8 heteroatoms. The highest BCUT2D eigenvalue weighted by Gasteiger charge is 2.24. The van der Waals surface area contributed by atoms with Gasteiger partial charge in [-0.3, -0.25) is 4.98 Å². The second-order valence-corrected chi connectivity index (χ2v) is 8.51. The molecule has 0 unspecified atom stereocenters. The molecule has 0 atom stereocenters. The van der Waals surface area contributed by atoms with Crippen LogP contribution in [0.3, 0.4) is 0 Å². The summed E-state index contributed by atoms with van der Waals surface area (Å²) in [5.74, 6) is -0.419. The summed E-state index contributed by atoms with van der Waals surface area (Å²) < 4.78 is 15.6. The smallest absolute Gasteiger partial charge is 0.161 e. The van der Waals surface area contributed by atoms with Gasteiger partial charge in [0.25, 0.3) is 0 Å². The van der Waals surface area contributed by atoms with Crippen molar-refractivity contribution < 1.29 is 4.39 Å². The lowest BCUT2D eigenvalue weighted by molar-refractivity contribution is 0.630. The molecule has 4 rings (SSSR count). The van der Waals surface area contributed by atoms with Crippen LogP contribution in [0.15, 0.2) is 60.8 Å². The molecule has 0 N–H and O–H groups in total. The van der Waals surface area contributed by atoms with Gasteiger partial charge in [0.1, 0.15) is 11.5 Å².